The van der Waals surface area contributed by atoms with Crippen LogP contribution in [0.2, 0.25) is 0 Å². The van der Waals surface area contributed by atoms with E-state index in [0.29, 0.717) is 12.2 Å². The molecule has 0 bridgehead atoms. The number of hydrogen-bond acceptors (Lipinski definition) is 3. The molecule has 0 saturated carbocycles. The number of rotatable bonds is 2. The van der Waals surface area contributed by atoms with Gasteiger partial charge in [0.1, 0.15) is 16.9 Å². The smallest absolute Gasteiger partial charge is 0.287 e. The quantitative estimate of drug-likeness (QED) is 0.733. The maximum Gasteiger partial charge on any atom is 0.287 e. The largest absolute Gasteiger partial charge is 0.487 e. The van der Waals surface area contributed by atoms with E-state index in [1.807, 2.05) is 63.2 Å². The van der Waals surface area contributed by atoms with Crippen molar-refractivity contribution in [2.75, 3.05) is 0 Å². The fourth-order valence-electron chi connectivity index (χ4n) is 3.41. The van der Waals surface area contributed by atoms with E-state index in [1.54, 1.807) is 6.07 Å². The summed E-state index contributed by atoms with van der Waals surface area (Å²) in [5, 5.41) is 4.04. The molecule has 4 heteroatoms. The summed E-state index contributed by atoms with van der Waals surface area (Å²) in [6.45, 7) is 6.12. The Morgan fingerprint density at radius 1 is 1.16 bits per heavy atom. The van der Waals surface area contributed by atoms with Gasteiger partial charge in [0, 0.05) is 17.4 Å². The van der Waals surface area contributed by atoms with Crippen LogP contribution in [0.15, 0.2) is 52.9 Å². The molecule has 0 unspecified atom stereocenters. The van der Waals surface area contributed by atoms with Crippen molar-refractivity contribution in [2.24, 2.45) is 0 Å². The number of hydrogen-bond donors (Lipinski definition) is 1. The highest BCUT2D eigenvalue weighted by Gasteiger charge is 2.35. The molecule has 25 heavy (non-hydrogen) atoms. The first-order chi connectivity index (χ1) is 11.9. The molecule has 0 radical (unpaired) electrons. The number of amides is 1. The topological polar surface area (TPSA) is 51.5 Å². The lowest BCUT2D eigenvalue weighted by atomic mass is 9.89. The molecule has 0 spiro atoms. The molecule has 0 aliphatic carbocycles. The van der Waals surface area contributed by atoms with E-state index in [4.69, 9.17) is 9.15 Å². The van der Waals surface area contributed by atoms with Crippen molar-refractivity contribution < 1.29 is 13.9 Å². The second-order valence-electron chi connectivity index (χ2n) is 7.28. The molecule has 2 heterocycles. The van der Waals surface area contributed by atoms with Crippen molar-refractivity contribution in [2.45, 2.75) is 38.8 Å². The van der Waals surface area contributed by atoms with Crippen LogP contribution in [0, 0.1) is 6.92 Å². The normalized spacial score (nSPS) is 18.4. The zero-order valence-corrected chi connectivity index (χ0v) is 14.6. The van der Waals surface area contributed by atoms with Gasteiger partial charge in [0.15, 0.2) is 5.76 Å². The van der Waals surface area contributed by atoms with Gasteiger partial charge in [-0.1, -0.05) is 30.3 Å². The van der Waals surface area contributed by atoms with Crippen LogP contribution in [0.1, 0.15) is 48.0 Å². The van der Waals surface area contributed by atoms with E-state index in [2.05, 4.69) is 5.32 Å². The molecule has 1 amide bonds. The molecule has 0 fully saturated rings. The molecule has 1 N–H and O–H groups in total. The number of nitrogens with one attached hydrogen (secondary N) is 1. The highest BCUT2D eigenvalue weighted by atomic mass is 16.5. The summed E-state index contributed by atoms with van der Waals surface area (Å²) in [5.74, 6) is 0.968. The summed E-state index contributed by atoms with van der Waals surface area (Å²) in [4.78, 5) is 12.7. The van der Waals surface area contributed by atoms with Crippen molar-refractivity contribution in [1.29, 1.82) is 0 Å². The van der Waals surface area contributed by atoms with Crippen molar-refractivity contribution >= 4 is 16.9 Å². The summed E-state index contributed by atoms with van der Waals surface area (Å²) in [6.07, 6.45) is 0.703. The predicted molar refractivity (Wildman–Crippen MR) is 96.9 cm³/mol. The molecule has 128 valence electrons. The number of aryl methyl sites for hydroxylation is 1. The molecular weight excluding hydrogens is 314 g/mol. The molecule has 1 aromatic heterocycles. The van der Waals surface area contributed by atoms with Gasteiger partial charge in [-0.05, 0) is 44.5 Å². The Kier molecular flexibility index (Phi) is 3.57. The van der Waals surface area contributed by atoms with Gasteiger partial charge >= 0.3 is 0 Å². The Morgan fingerprint density at radius 3 is 2.76 bits per heavy atom. The van der Waals surface area contributed by atoms with Crippen LogP contribution in [0.5, 0.6) is 5.75 Å². The third kappa shape index (κ3) is 3.00. The van der Waals surface area contributed by atoms with E-state index in [1.165, 1.54) is 0 Å². The standard InChI is InChI=1S/C21H21NO3/c1-13-8-9-15-16(12-21(2,3)25-18(15)10-13)22-20(23)19-11-14-6-4-5-7-17(14)24-19/h4-11,16H,12H2,1-3H3,(H,22,23)/t16-/m0/s1. The lowest BCUT2D eigenvalue weighted by Crippen LogP contribution is -2.41. The van der Waals surface area contributed by atoms with Crippen molar-refractivity contribution in [1.82, 2.24) is 5.32 Å². The molecule has 0 saturated heterocycles. The lowest BCUT2D eigenvalue weighted by Gasteiger charge is -2.38. The third-order valence-corrected chi connectivity index (χ3v) is 4.58. The molecular formula is C21H21NO3. The van der Waals surface area contributed by atoms with E-state index >= 15 is 0 Å². The van der Waals surface area contributed by atoms with Crippen LogP contribution in [0.4, 0.5) is 0 Å². The summed E-state index contributed by atoms with van der Waals surface area (Å²) < 4.78 is 11.8. The van der Waals surface area contributed by atoms with Gasteiger partial charge in [-0.2, -0.15) is 0 Å². The van der Waals surface area contributed by atoms with E-state index in [0.717, 1.165) is 27.8 Å². The maximum absolute atomic E-state index is 12.7. The summed E-state index contributed by atoms with van der Waals surface area (Å²) >= 11 is 0. The molecule has 4 rings (SSSR count). The van der Waals surface area contributed by atoms with Crippen molar-refractivity contribution in [3.05, 3.63) is 65.4 Å². The third-order valence-electron chi connectivity index (χ3n) is 4.58. The Morgan fingerprint density at radius 2 is 1.96 bits per heavy atom. The number of carbonyl (C=O) groups is 1. The minimum Gasteiger partial charge on any atom is -0.487 e. The van der Waals surface area contributed by atoms with Crippen molar-refractivity contribution in [3.8, 4) is 5.75 Å². The summed E-state index contributed by atoms with van der Waals surface area (Å²) in [7, 11) is 0. The Bertz CT molecular complexity index is 922. The SMILES string of the molecule is Cc1ccc2c(c1)OC(C)(C)C[C@@H]2NC(=O)c1cc2ccccc2o1. The van der Waals surface area contributed by atoms with Crippen LogP contribution >= 0.6 is 0 Å². The molecule has 3 aromatic rings. The van der Waals surface area contributed by atoms with Crippen LogP contribution in [0.25, 0.3) is 11.0 Å². The minimum atomic E-state index is -0.341. The van der Waals surface area contributed by atoms with Crippen LogP contribution in [0.3, 0.4) is 0 Å². The lowest BCUT2D eigenvalue weighted by molar-refractivity contribution is 0.0611. The molecule has 1 aliphatic rings. The summed E-state index contributed by atoms with van der Waals surface area (Å²) in [5.41, 5.74) is 2.52. The Balaban J connectivity index is 1.64. The number of para-hydroxylation sites is 1. The number of benzene rings is 2. The van der Waals surface area contributed by atoms with E-state index in [9.17, 15) is 4.79 Å². The Labute approximate surface area is 146 Å². The first-order valence-electron chi connectivity index (χ1n) is 8.50. The number of furan rings is 1. The van der Waals surface area contributed by atoms with Gasteiger partial charge in [-0.15, -0.1) is 0 Å². The zero-order valence-electron chi connectivity index (χ0n) is 14.6. The van der Waals surface area contributed by atoms with Crippen molar-refractivity contribution in [3.63, 3.8) is 0 Å². The second-order valence-corrected chi connectivity index (χ2v) is 7.28. The van der Waals surface area contributed by atoms with Gasteiger partial charge < -0.3 is 14.5 Å². The minimum absolute atomic E-state index is 0.111. The first kappa shape index (κ1) is 15.8. The maximum atomic E-state index is 12.7. The van der Waals surface area contributed by atoms with E-state index in [-0.39, 0.29) is 17.6 Å². The zero-order chi connectivity index (χ0) is 17.6. The van der Waals surface area contributed by atoms with E-state index < -0.39 is 0 Å². The molecule has 1 aliphatic heterocycles. The number of ether oxygens (including phenoxy) is 1. The average molecular weight is 335 g/mol. The molecule has 2 aromatic carbocycles. The Hall–Kier alpha value is -2.75. The summed E-state index contributed by atoms with van der Waals surface area (Å²) in [6, 6.07) is 15.4. The molecule has 4 nitrogen and oxygen atoms in total. The van der Waals surface area contributed by atoms with Gasteiger partial charge in [0.25, 0.3) is 5.91 Å². The first-order valence-corrected chi connectivity index (χ1v) is 8.50. The molecule has 1 atom stereocenters. The highest BCUT2D eigenvalue weighted by Crippen LogP contribution is 2.40. The monoisotopic (exact) mass is 335 g/mol. The fraction of sp³-hybridized carbons (Fsp3) is 0.286. The van der Waals surface area contributed by atoms with Gasteiger partial charge in [-0.3, -0.25) is 4.79 Å². The van der Waals surface area contributed by atoms with Crippen LogP contribution in [-0.2, 0) is 0 Å². The van der Waals surface area contributed by atoms with Gasteiger partial charge in [0.05, 0.1) is 6.04 Å². The fourth-order valence-corrected chi connectivity index (χ4v) is 3.41. The highest BCUT2D eigenvalue weighted by molar-refractivity contribution is 5.96. The van der Waals surface area contributed by atoms with Crippen LogP contribution in [-0.4, -0.2) is 11.5 Å². The number of fused-ring (bicyclic) bond motifs is 2. The average Bonchev–Trinajstić information content (AvgIpc) is 2.97. The second kappa shape index (κ2) is 5.66. The number of carbonyl (C=O) groups excluding carboxylic acids is 1. The van der Waals surface area contributed by atoms with Gasteiger partial charge in [-0.25, -0.2) is 0 Å². The van der Waals surface area contributed by atoms with Crippen LogP contribution < -0.4 is 10.1 Å². The van der Waals surface area contributed by atoms with Gasteiger partial charge in [0.2, 0.25) is 0 Å². The predicted octanol–water partition coefficient (Wildman–Crippen LogP) is 4.77.